The SMILES string of the molecule is O=C1N=C([Te])NC(=O)/C1=C\c1ccc(N2c3ccccc3[Se]c3ccccc32)s1. The summed E-state index contributed by atoms with van der Waals surface area (Å²) in [5.74, 6) is -0.906. The number of hydrogen-bond acceptors (Lipinski definition) is 4. The zero-order valence-electron chi connectivity index (χ0n) is 14.8. The summed E-state index contributed by atoms with van der Waals surface area (Å²) >= 11 is 3.32. The molecule has 0 atom stereocenters. The van der Waals surface area contributed by atoms with Gasteiger partial charge in [0.25, 0.3) is 0 Å². The summed E-state index contributed by atoms with van der Waals surface area (Å²) in [5.41, 5.74) is 2.42. The number of fused-ring (bicyclic) bond motifs is 2. The van der Waals surface area contributed by atoms with Gasteiger partial charge in [-0.05, 0) is 0 Å². The average Bonchev–Trinajstić information content (AvgIpc) is 3.17. The number of thiophene rings is 1. The van der Waals surface area contributed by atoms with Crippen LogP contribution in [0, 0.1) is 0 Å². The number of benzene rings is 2. The van der Waals surface area contributed by atoms with Crippen LogP contribution >= 0.6 is 11.3 Å². The van der Waals surface area contributed by atoms with Crippen LogP contribution in [0.25, 0.3) is 6.08 Å². The minimum absolute atomic E-state index is 0.0634. The van der Waals surface area contributed by atoms with E-state index in [4.69, 9.17) is 0 Å². The zero-order chi connectivity index (χ0) is 20.0. The van der Waals surface area contributed by atoms with E-state index in [1.165, 1.54) is 42.6 Å². The summed E-state index contributed by atoms with van der Waals surface area (Å²) in [7, 11) is 0. The van der Waals surface area contributed by atoms with Gasteiger partial charge in [0, 0.05) is 0 Å². The third-order valence-corrected chi connectivity index (χ3v) is 8.39. The van der Waals surface area contributed by atoms with Crippen molar-refractivity contribution in [2.75, 3.05) is 4.90 Å². The second-order valence-electron chi connectivity index (χ2n) is 6.28. The Balaban J connectivity index is 1.58. The number of carbonyl (C=O) groups excluding carboxylic acids is 2. The van der Waals surface area contributed by atoms with Gasteiger partial charge in [-0.1, -0.05) is 0 Å². The Morgan fingerprint density at radius 3 is 2.28 bits per heavy atom. The fraction of sp³-hybridized carbons (Fsp3) is 0. The molecule has 5 rings (SSSR count). The van der Waals surface area contributed by atoms with E-state index in [2.05, 4.69) is 63.7 Å². The summed E-state index contributed by atoms with van der Waals surface area (Å²) in [6.07, 6.45) is 1.62. The molecule has 0 aliphatic carbocycles. The number of aliphatic imine (C=N–C) groups is 1. The molecule has 3 aromatic rings. The first-order valence-corrected chi connectivity index (χ1v) is 12.4. The Kier molecular flexibility index (Phi) is 4.90. The Bertz CT molecular complexity index is 1190. The van der Waals surface area contributed by atoms with Gasteiger partial charge in [-0.25, -0.2) is 0 Å². The van der Waals surface area contributed by atoms with Crippen molar-refractivity contribution in [2.24, 2.45) is 4.99 Å². The molecule has 1 N–H and O–H groups in total. The van der Waals surface area contributed by atoms with Crippen LogP contribution in [-0.2, 0) is 9.59 Å². The van der Waals surface area contributed by atoms with Crippen molar-refractivity contribution in [3.63, 3.8) is 0 Å². The third kappa shape index (κ3) is 3.48. The van der Waals surface area contributed by atoms with Gasteiger partial charge in [0.05, 0.1) is 0 Å². The minimum atomic E-state index is -0.500. The molecule has 2 aliphatic rings. The molecule has 2 aromatic carbocycles. The van der Waals surface area contributed by atoms with E-state index in [1.54, 1.807) is 17.4 Å². The molecule has 141 valence electrons. The second kappa shape index (κ2) is 7.56. The van der Waals surface area contributed by atoms with E-state index in [9.17, 15) is 9.59 Å². The van der Waals surface area contributed by atoms with Crippen LogP contribution in [-0.4, -0.2) is 52.9 Å². The molecule has 0 fully saturated rings. The number of nitrogens with zero attached hydrogens (tertiary/aromatic N) is 2. The van der Waals surface area contributed by atoms with Crippen LogP contribution in [0.2, 0.25) is 0 Å². The van der Waals surface area contributed by atoms with Gasteiger partial charge >= 0.3 is 192 Å². The number of amidine groups is 1. The maximum absolute atomic E-state index is 12.2. The zero-order valence-corrected chi connectivity index (χ0v) is 19.6. The van der Waals surface area contributed by atoms with E-state index in [0.29, 0.717) is 3.88 Å². The number of carbonyl (C=O) groups is 2. The number of anilines is 3. The Morgan fingerprint density at radius 1 is 0.966 bits per heavy atom. The monoisotopic (exact) mass is 580 g/mol. The first kappa shape index (κ1) is 18.8. The van der Waals surface area contributed by atoms with Gasteiger partial charge in [0.2, 0.25) is 0 Å². The Morgan fingerprint density at radius 2 is 1.62 bits per heavy atom. The van der Waals surface area contributed by atoms with Crippen LogP contribution in [0.5, 0.6) is 0 Å². The summed E-state index contributed by atoms with van der Waals surface area (Å²) in [6, 6.07) is 20.9. The quantitative estimate of drug-likeness (QED) is 0.225. The molecule has 29 heavy (non-hydrogen) atoms. The topological polar surface area (TPSA) is 61.8 Å². The van der Waals surface area contributed by atoms with Crippen molar-refractivity contribution in [2.45, 2.75) is 0 Å². The molecule has 0 bridgehead atoms. The molecule has 1 aromatic heterocycles. The van der Waals surface area contributed by atoms with Crippen LogP contribution in [0.1, 0.15) is 4.88 Å². The number of hydrogen-bond donors (Lipinski definition) is 1. The Labute approximate surface area is 190 Å². The van der Waals surface area contributed by atoms with E-state index in [-0.39, 0.29) is 20.5 Å². The molecule has 2 aliphatic heterocycles. The third-order valence-electron chi connectivity index (χ3n) is 4.45. The molecule has 3 heterocycles. The van der Waals surface area contributed by atoms with Crippen LogP contribution in [0.4, 0.5) is 16.4 Å². The van der Waals surface area contributed by atoms with Crippen LogP contribution in [0.3, 0.4) is 0 Å². The second-order valence-corrected chi connectivity index (χ2v) is 10.8. The van der Waals surface area contributed by atoms with Crippen molar-refractivity contribution in [3.05, 3.63) is 71.1 Å². The van der Waals surface area contributed by atoms with Crippen molar-refractivity contribution in [1.82, 2.24) is 5.32 Å². The van der Waals surface area contributed by atoms with E-state index >= 15 is 0 Å². The first-order valence-electron chi connectivity index (χ1n) is 8.69. The first-order chi connectivity index (χ1) is 14.1. The van der Waals surface area contributed by atoms with E-state index in [0.717, 1.165) is 9.88 Å². The molecule has 0 saturated carbocycles. The maximum atomic E-state index is 12.2. The summed E-state index contributed by atoms with van der Waals surface area (Å²) < 4.78 is 3.00. The van der Waals surface area contributed by atoms with Crippen LogP contribution in [0.15, 0.2) is 71.2 Å². The summed E-state index contributed by atoms with van der Waals surface area (Å²) in [6.45, 7) is 0. The van der Waals surface area contributed by atoms with Gasteiger partial charge in [0.1, 0.15) is 0 Å². The normalized spacial score (nSPS) is 16.9. The number of amides is 2. The number of nitrogens with one attached hydrogen (secondary N) is 1. The summed E-state index contributed by atoms with van der Waals surface area (Å²) in [4.78, 5) is 31.2. The molecule has 0 spiro atoms. The molecule has 0 saturated heterocycles. The molecule has 5 nitrogen and oxygen atoms in total. The molecule has 0 unspecified atom stereocenters. The fourth-order valence-corrected chi connectivity index (χ4v) is 6.89. The van der Waals surface area contributed by atoms with Gasteiger partial charge in [0.15, 0.2) is 0 Å². The number of rotatable bonds is 2. The van der Waals surface area contributed by atoms with Crippen molar-refractivity contribution >= 4 is 95.7 Å². The molecule has 2 amide bonds. The van der Waals surface area contributed by atoms with Gasteiger partial charge < -0.3 is 0 Å². The molecule has 1 radical (unpaired) electrons. The standard InChI is InChI=1S/C21H12N3O2SSeTe/c25-19-13(20(26)23-21(29)22-19)11-12-9-10-18(27-12)24-14-5-1-3-7-16(14)28-17-8-4-2-6-15(17)24/h1-11H,(H,22,23,25,26). The predicted octanol–water partition coefficient (Wildman–Crippen LogP) is 1.75. The average molecular weight is 577 g/mol. The van der Waals surface area contributed by atoms with Gasteiger partial charge in [-0.15, -0.1) is 0 Å². The Hall–Kier alpha value is -2.20. The van der Waals surface area contributed by atoms with E-state index in [1.807, 2.05) is 12.1 Å². The molecule has 8 heteroatoms. The predicted molar refractivity (Wildman–Crippen MR) is 118 cm³/mol. The van der Waals surface area contributed by atoms with Crippen molar-refractivity contribution in [3.8, 4) is 0 Å². The van der Waals surface area contributed by atoms with Crippen molar-refractivity contribution in [1.29, 1.82) is 0 Å². The summed E-state index contributed by atoms with van der Waals surface area (Å²) in [5, 5.41) is 3.64. The van der Waals surface area contributed by atoms with Gasteiger partial charge in [-0.2, -0.15) is 0 Å². The van der Waals surface area contributed by atoms with Gasteiger partial charge in [-0.3, -0.25) is 0 Å². The van der Waals surface area contributed by atoms with E-state index < -0.39 is 11.8 Å². The molecular formula is C21H12N3O2SSeTe. The number of para-hydroxylation sites is 2. The fourth-order valence-electron chi connectivity index (χ4n) is 3.19. The van der Waals surface area contributed by atoms with Crippen molar-refractivity contribution < 1.29 is 9.59 Å². The van der Waals surface area contributed by atoms with Crippen LogP contribution < -0.4 is 19.1 Å². The molecular weight excluding hydrogens is 565 g/mol.